The van der Waals surface area contributed by atoms with Crippen LogP contribution in [-0.2, 0) is 4.74 Å². The second kappa shape index (κ2) is 5.86. The van der Waals surface area contributed by atoms with E-state index in [1.165, 1.54) is 51.4 Å². The maximum absolute atomic E-state index is 5.24. The first-order valence-corrected chi connectivity index (χ1v) is 6.63. The standard InChI is InChI=1S/C13H25NO/c1-15-10-11-7-8-13(9-11)14-12-5-3-2-4-6-12/h11-14H,2-10H2,1H3/t11-,13-/m1/s1. The van der Waals surface area contributed by atoms with Gasteiger partial charge in [-0.3, -0.25) is 0 Å². The topological polar surface area (TPSA) is 21.3 Å². The largest absolute Gasteiger partial charge is 0.384 e. The van der Waals surface area contributed by atoms with Crippen LogP contribution in [0.15, 0.2) is 0 Å². The van der Waals surface area contributed by atoms with Crippen molar-refractivity contribution in [2.24, 2.45) is 5.92 Å². The molecule has 0 amide bonds. The molecule has 2 saturated carbocycles. The lowest BCUT2D eigenvalue weighted by Gasteiger charge is -2.26. The molecule has 15 heavy (non-hydrogen) atoms. The van der Waals surface area contributed by atoms with E-state index >= 15 is 0 Å². The third-order valence-corrected chi connectivity index (χ3v) is 4.02. The zero-order valence-corrected chi connectivity index (χ0v) is 10.0. The summed E-state index contributed by atoms with van der Waals surface area (Å²) in [5.74, 6) is 0.816. The fraction of sp³-hybridized carbons (Fsp3) is 1.00. The van der Waals surface area contributed by atoms with Gasteiger partial charge in [0.25, 0.3) is 0 Å². The van der Waals surface area contributed by atoms with Gasteiger partial charge in [0.15, 0.2) is 0 Å². The van der Waals surface area contributed by atoms with Gasteiger partial charge >= 0.3 is 0 Å². The third-order valence-electron chi connectivity index (χ3n) is 4.02. The summed E-state index contributed by atoms with van der Waals surface area (Å²) < 4.78 is 5.24. The predicted octanol–water partition coefficient (Wildman–Crippen LogP) is 2.72. The first-order valence-electron chi connectivity index (χ1n) is 6.63. The van der Waals surface area contributed by atoms with Gasteiger partial charge in [0, 0.05) is 25.8 Å². The molecule has 2 rings (SSSR count). The van der Waals surface area contributed by atoms with Gasteiger partial charge in [0.2, 0.25) is 0 Å². The zero-order chi connectivity index (χ0) is 10.5. The summed E-state index contributed by atoms with van der Waals surface area (Å²) in [6.07, 6.45) is 11.2. The molecule has 88 valence electrons. The molecule has 2 atom stereocenters. The van der Waals surface area contributed by atoms with Crippen molar-refractivity contribution in [1.82, 2.24) is 5.32 Å². The van der Waals surface area contributed by atoms with Gasteiger partial charge in [-0.05, 0) is 38.0 Å². The molecule has 0 aromatic heterocycles. The summed E-state index contributed by atoms with van der Waals surface area (Å²) in [6.45, 7) is 0.961. The Morgan fingerprint density at radius 1 is 1.00 bits per heavy atom. The lowest BCUT2D eigenvalue weighted by atomic mass is 9.94. The minimum Gasteiger partial charge on any atom is -0.384 e. The Bertz CT molecular complexity index is 177. The van der Waals surface area contributed by atoms with E-state index in [0.717, 1.165) is 24.6 Å². The SMILES string of the molecule is COC[C@@H]1CC[C@@H](NC2CCCCC2)C1. The normalized spacial score (nSPS) is 33.4. The van der Waals surface area contributed by atoms with E-state index < -0.39 is 0 Å². The predicted molar refractivity (Wildman–Crippen MR) is 63.0 cm³/mol. The molecule has 0 spiro atoms. The maximum Gasteiger partial charge on any atom is 0.0491 e. The van der Waals surface area contributed by atoms with Crippen LogP contribution in [0, 0.1) is 5.92 Å². The van der Waals surface area contributed by atoms with Crippen LogP contribution in [0.3, 0.4) is 0 Å². The fourth-order valence-electron chi connectivity index (χ4n) is 3.22. The van der Waals surface area contributed by atoms with Crippen molar-refractivity contribution in [3.8, 4) is 0 Å². The van der Waals surface area contributed by atoms with Crippen molar-refractivity contribution < 1.29 is 4.74 Å². The van der Waals surface area contributed by atoms with Gasteiger partial charge < -0.3 is 10.1 Å². The molecular formula is C13H25NO. The molecular weight excluding hydrogens is 186 g/mol. The Morgan fingerprint density at radius 3 is 2.53 bits per heavy atom. The second-order valence-corrected chi connectivity index (χ2v) is 5.33. The molecule has 0 aliphatic heterocycles. The van der Waals surface area contributed by atoms with E-state index in [1.54, 1.807) is 0 Å². The number of methoxy groups -OCH3 is 1. The molecule has 2 aliphatic rings. The highest BCUT2D eigenvalue weighted by Gasteiger charge is 2.26. The Balaban J connectivity index is 1.67. The lowest BCUT2D eigenvalue weighted by Crippen LogP contribution is -2.38. The van der Waals surface area contributed by atoms with Crippen LogP contribution in [0.5, 0.6) is 0 Å². The van der Waals surface area contributed by atoms with Crippen molar-refractivity contribution in [3.05, 3.63) is 0 Å². The van der Waals surface area contributed by atoms with E-state index in [-0.39, 0.29) is 0 Å². The summed E-state index contributed by atoms with van der Waals surface area (Å²) in [4.78, 5) is 0. The van der Waals surface area contributed by atoms with Gasteiger partial charge in [-0.2, -0.15) is 0 Å². The average Bonchev–Trinajstić information content (AvgIpc) is 2.68. The minimum absolute atomic E-state index is 0.785. The highest BCUT2D eigenvalue weighted by Crippen LogP contribution is 2.27. The molecule has 2 heteroatoms. The first-order chi connectivity index (χ1) is 7.38. The molecule has 0 saturated heterocycles. The minimum atomic E-state index is 0.785. The van der Waals surface area contributed by atoms with E-state index in [0.29, 0.717) is 0 Å². The first kappa shape index (κ1) is 11.4. The molecule has 2 aliphatic carbocycles. The zero-order valence-electron chi connectivity index (χ0n) is 10.0. The van der Waals surface area contributed by atoms with Gasteiger partial charge in [0.05, 0.1) is 0 Å². The summed E-state index contributed by atoms with van der Waals surface area (Å²) in [5, 5.41) is 3.85. The highest BCUT2D eigenvalue weighted by molar-refractivity contribution is 4.84. The van der Waals surface area contributed by atoms with Gasteiger partial charge in [-0.25, -0.2) is 0 Å². The smallest absolute Gasteiger partial charge is 0.0491 e. The van der Waals surface area contributed by atoms with Crippen molar-refractivity contribution in [2.75, 3.05) is 13.7 Å². The van der Waals surface area contributed by atoms with Gasteiger partial charge in [-0.1, -0.05) is 19.3 Å². The highest BCUT2D eigenvalue weighted by atomic mass is 16.5. The van der Waals surface area contributed by atoms with Crippen LogP contribution in [0.25, 0.3) is 0 Å². The Morgan fingerprint density at radius 2 is 1.80 bits per heavy atom. The van der Waals surface area contributed by atoms with Gasteiger partial charge in [0.1, 0.15) is 0 Å². The fourth-order valence-corrected chi connectivity index (χ4v) is 3.22. The van der Waals surface area contributed by atoms with Crippen LogP contribution >= 0.6 is 0 Å². The molecule has 0 radical (unpaired) electrons. The molecule has 0 unspecified atom stereocenters. The van der Waals surface area contributed by atoms with Crippen LogP contribution in [0.4, 0.5) is 0 Å². The monoisotopic (exact) mass is 211 g/mol. The Labute approximate surface area is 93.8 Å². The van der Waals surface area contributed by atoms with E-state index in [1.807, 2.05) is 7.11 Å². The van der Waals surface area contributed by atoms with Crippen LogP contribution in [0.2, 0.25) is 0 Å². The quantitative estimate of drug-likeness (QED) is 0.772. The number of hydrogen-bond donors (Lipinski definition) is 1. The summed E-state index contributed by atoms with van der Waals surface area (Å²) in [5.41, 5.74) is 0. The number of hydrogen-bond acceptors (Lipinski definition) is 2. The summed E-state index contributed by atoms with van der Waals surface area (Å²) in [6, 6.07) is 1.61. The van der Waals surface area contributed by atoms with Crippen LogP contribution < -0.4 is 5.32 Å². The number of rotatable bonds is 4. The van der Waals surface area contributed by atoms with Gasteiger partial charge in [-0.15, -0.1) is 0 Å². The summed E-state index contributed by atoms with van der Waals surface area (Å²) >= 11 is 0. The van der Waals surface area contributed by atoms with Crippen molar-refractivity contribution in [1.29, 1.82) is 0 Å². The van der Waals surface area contributed by atoms with Crippen LogP contribution in [0.1, 0.15) is 51.4 Å². The van der Waals surface area contributed by atoms with E-state index in [9.17, 15) is 0 Å². The molecule has 0 heterocycles. The Kier molecular flexibility index (Phi) is 4.45. The van der Waals surface area contributed by atoms with Crippen molar-refractivity contribution >= 4 is 0 Å². The van der Waals surface area contributed by atoms with E-state index in [2.05, 4.69) is 5.32 Å². The molecule has 2 fully saturated rings. The second-order valence-electron chi connectivity index (χ2n) is 5.33. The molecule has 0 aromatic rings. The number of nitrogens with one attached hydrogen (secondary N) is 1. The van der Waals surface area contributed by atoms with Crippen molar-refractivity contribution in [2.45, 2.75) is 63.5 Å². The summed E-state index contributed by atoms with van der Waals surface area (Å²) in [7, 11) is 1.82. The molecule has 2 nitrogen and oxygen atoms in total. The lowest BCUT2D eigenvalue weighted by molar-refractivity contribution is 0.153. The molecule has 0 bridgehead atoms. The third kappa shape index (κ3) is 3.46. The number of ether oxygens (including phenoxy) is 1. The Hall–Kier alpha value is -0.0800. The van der Waals surface area contributed by atoms with E-state index in [4.69, 9.17) is 4.74 Å². The van der Waals surface area contributed by atoms with Crippen molar-refractivity contribution in [3.63, 3.8) is 0 Å². The maximum atomic E-state index is 5.24. The average molecular weight is 211 g/mol. The molecule has 0 aromatic carbocycles. The van der Waals surface area contributed by atoms with Crippen LogP contribution in [-0.4, -0.2) is 25.8 Å². The molecule has 1 N–H and O–H groups in total.